The minimum absolute atomic E-state index is 0.0245. The molecule has 4 nitrogen and oxygen atoms in total. The quantitative estimate of drug-likeness (QED) is 0.766. The Hall–Kier alpha value is -1.84. The first-order chi connectivity index (χ1) is 9.13. The van der Waals surface area contributed by atoms with Crippen LogP contribution in [0.5, 0.6) is 0 Å². The van der Waals surface area contributed by atoms with Crippen LogP contribution in [0.25, 0.3) is 0 Å². The molecule has 1 aliphatic heterocycles. The first kappa shape index (κ1) is 13.6. The van der Waals surface area contributed by atoms with Crippen LogP contribution >= 0.6 is 0 Å². The molecule has 0 saturated carbocycles. The molecule has 1 unspecified atom stereocenters. The number of amides is 1. The normalized spacial score (nSPS) is 19.5. The molecular formula is C15H20N2O2. The predicted octanol–water partition coefficient (Wildman–Crippen LogP) is 3.32. The third kappa shape index (κ3) is 2.95. The van der Waals surface area contributed by atoms with Gasteiger partial charge in [0.15, 0.2) is 0 Å². The van der Waals surface area contributed by atoms with Crippen molar-refractivity contribution in [1.29, 1.82) is 0 Å². The number of ether oxygens (including phenoxy) is 1. The Labute approximate surface area is 114 Å². The van der Waals surface area contributed by atoms with Gasteiger partial charge in [0.25, 0.3) is 0 Å². The van der Waals surface area contributed by atoms with Crippen LogP contribution < -0.4 is 0 Å². The van der Waals surface area contributed by atoms with Gasteiger partial charge in [0, 0.05) is 18.9 Å². The van der Waals surface area contributed by atoms with Crippen LogP contribution in [-0.4, -0.2) is 29.1 Å². The maximum absolute atomic E-state index is 12.1. The van der Waals surface area contributed by atoms with Crippen molar-refractivity contribution in [2.24, 2.45) is 0 Å². The fraction of sp³-hybridized carbons (Fsp3) is 0.467. The van der Waals surface area contributed by atoms with Crippen LogP contribution in [0.4, 0.5) is 4.79 Å². The summed E-state index contributed by atoms with van der Waals surface area (Å²) in [4.78, 5) is 18.0. The highest BCUT2D eigenvalue weighted by atomic mass is 16.6. The lowest BCUT2D eigenvalue weighted by atomic mass is 9.92. The monoisotopic (exact) mass is 260 g/mol. The van der Waals surface area contributed by atoms with Gasteiger partial charge in [-0.1, -0.05) is 17.2 Å². The summed E-state index contributed by atoms with van der Waals surface area (Å²) in [7, 11) is 0. The standard InChI is InChI=1S/C15H20N2O2/c1-4-19-15(18)17-10-12(3)11(2)8-14(17)13-6-5-7-16-9-13/h5-7,9,14H,4,8,10H2,1-3H3. The van der Waals surface area contributed by atoms with E-state index in [0.29, 0.717) is 13.2 Å². The third-order valence-corrected chi connectivity index (χ3v) is 3.58. The van der Waals surface area contributed by atoms with E-state index in [2.05, 4.69) is 18.8 Å². The maximum atomic E-state index is 12.1. The number of hydrogen-bond donors (Lipinski definition) is 0. The molecule has 102 valence electrons. The maximum Gasteiger partial charge on any atom is 0.410 e. The summed E-state index contributed by atoms with van der Waals surface area (Å²) in [6, 6.07) is 3.94. The SMILES string of the molecule is CCOC(=O)N1CC(C)=C(C)CC1c1cccnc1. The number of hydrogen-bond acceptors (Lipinski definition) is 3. The molecular weight excluding hydrogens is 240 g/mol. The van der Waals surface area contributed by atoms with Crippen molar-refractivity contribution in [1.82, 2.24) is 9.88 Å². The number of carbonyl (C=O) groups is 1. The van der Waals surface area contributed by atoms with Crippen molar-refractivity contribution in [2.45, 2.75) is 33.2 Å². The molecule has 0 spiro atoms. The Morgan fingerprint density at radius 3 is 2.89 bits per heavy atom. The lowest BCUT2D eigenvalue weighted by Crippen LogP contribution is -2.39. The molecule has 0 aliphatic carbocycles. The third-order valence-electron chi connectivity index (χ3n) is 3.58. The topological polar surface area (TPSA) is 42.4 Å². The summed E-state index contributed by atoms with van der Waals surface area (Å²) in [5, 5.41) is 0. The molecule has 4 heteroatoms. The zero-order chi connectivity index (χ0) is 13.8. The van der Waals surface area contributed by atoms with Gasteiger partial charge in [-0.2, -0.15) is 0 Å². The summed E-state index contributed by atoms with van der Waals surface area (Å²) in [6.07, 6.45) is 4.17. The average molecular weight is 260 g/mol. The van der Waals surface area contributed by atoms with Crippen molar-refractivity contribution in [3.8, 4) is 0 Å². The van der Waals surface area contributed by atoms with Gasteiger partial charge in [0.2, 0.25) is 0 Å². The average Bonchev–Trinajstić information content (AvgIpc) is 2.42. The van der Waals surface area contributed by atoms with Crippen molar-refractivity contribution in [3.63, 3.8) is 0 Å². The molecule has 0 bridgehead atoms. The van der Waals surface area contributed by atoms with Crippen LogP contribution in [0.1, 0.15) is 38.8 Å². The second-order valence-electron chi connectivity index (χ2n) is 4.89. The van der Waals surface area contributed by atoms with Gasteiger partial charge in [-0.3, -0.25) is 9.88 Å². The van der Waals surface area contributed by atoms with Gasteiger partial charge < -0.3 is 4.74 Å². The van der Waals surface area contributed by atoms with Crippen LogP contribution in [0.15, 0.2) is 35.7 Å². The summed E-state index contributed by atoms with van der Waals surface area (Å²) < 4.78 is 5.16. The van der Waals surface area contributed by atoms with Crippen molar-refractivity contribution in [2.75, 3.05) is 13.2 Å². The van der Waals surface area contributed by atoms with Gasteiger partial charge in [-0.05, 0) is 38.8 Å². The lowest BCUT2D eigenvalue weighted by molar-refractivity contribution is 0.0905. The van der Waals surface area contributed by atoms with Crippen LogP contribution in [0.3, 0.4) is 0 Å². The molecule has 0 fully saturated rings. The summed E-state index contributed by atoms with van der Waals surface area (Å²) in [5.41, 5.74) is 3.64. The molecule has 0 radical (unpaired) electrons. The number of aromatic nitrogens is 1. The molecule has 0 aromatic carbocycles. The Morgan fingerprint density at radius 1 is 1.47 bits per heavy atom. The summed E-state index contributed by atoms with van der Waals surface area (Å²) in [6.45, 7) is 7.05. The van der Waals surface area contributed by atoms with E-state index in [4.69, 9.17) is 4.74 Å². The van der Waals surface area contributed by atoms with E-state index < -0.39 is 0 Å². The minimum Gasteiger partial charge on any atom is -0.450 e. The first-order valence-electron chi connectivity index (χ1n) is 6.62. The number of pyridine rings is 1. The van der Waals surface area contributed by atoms with E-state index >= 15 is 0 Å². The van der Waals surface area contributed by atoms with E-state index in [0.717, 1.165) is 12.0 Å². The molecule has 2 heterocycles. The molecule has 1 aliphatic rings. The van der Waals surface area contributed by atoms with Crippen molar-refractivity contribution >= 4 is 6.09 Å². The van der Waals surface area contributed by atoms with Crippen molar-refractivity contribution in [3.05, 3.63) is 41.2 Å². The summed E-state index contributed by atoms with van der Waals surface area (Å²) in [5.74, 6) is 0. The van der Waals surface area contributed by atoms with Gasteiger partial charge in [-0.25, -0.2) is 4.79 Å². The Balaban J connectivity index is 2.30. The Bertz CT molecular complexity index is 482. The first-order valence-corrected chi connectivity index (χ1v) is 6.62. The highest BCUT2D eigenvalue weighted by Gasteiger charge is 2.30. The molecule has 0 saturated heterocycles. The number of carbonyl (C=O) groups excluding carboxylic acids is 1. The van der Waals surface area contributed by atoms with E-state index in [1.54, 1.807) is 11.1 Å². The second-order valence-corrected chi connectivity index (χ2v) is 4.89. The molecule has 1 amide bonds. The van der Waals surface area contributed by atoms with Gasteiger partial charge in [0.05, 0.1) is 12.6 Å². The summed E-state index contributed by atoms with van der Waals surface area (Å²) >= 11 is 0. The smallest absolute Gasteiger partial charge is 0.410 e. The fourth-order valence-corrected chi connectivity index (χ4v) is 2.34. The molecule has 1 aromatic rings. The largest absolute Gasteiger partial charge is 0.450 e. The van der Waals surface area contributed by atoms with E-state index in [1.165, 1.54) is 11.1 Å². The predicted molar refractivity (Wildman–Crippen MR) is 73.7 cm³/mol. The van der Waals surface area contributed by atoms with Crippen molar-refractivity contribution < 1.29 is 9.53 Å². The second kappa shape index (κ2) is 5.87. The van der Waals surface area contributed by atoms with E-state index in [-0.39, 0.29) is 12.1 Å². The Morgan fingerprint density at radius 2 is 2.26 bits per heavy atom. The highest BCUT2D eigenvalue weighted by molar-refractivity contribution is 5.69. The highest BCUT2D eigenvalue weighted by Crippen LogP contribution is 2.33. The van der Waals surface area contributed by atoms with Gasteiger partial charge >= 0.3 is 6.09 Å². The van der Waals surface area contributed by atoms with Gasteiger partial charge in [0.1, 0.15) is 0 Å². The van der Waals surface area contributed by atoms with Crippen LogP contribution in [-0.2, 0) is 4.74 Å². The zero-order valence-corrected chi connectivity index (χ0v) is 11.7. The van der Waals surface area contributed by atoms with E-state index in [9.17, 15) is 4.79 Å². The molecule has 1 aromatic heterocycles. The lowest BCUT2D eigenvalue weighted by Gasteiger charge is -2.36. The zero-order valence-electron chi connectivity index (χ0n) is 11.7. The van der Waals surface area contributed by atoms with E-state index in [1.807, 2.05) is 25.3 Å². The molecule has 2 rings (SSSR count). The molecule has 0 N–H and O–H groups in total. The fourth-order valence-electron chi connectivity index (χ4n) is 2.34. The number of rotatable bonds is 2. The molecule has 1 atom stereocenters. The van der Waals surface area contributed by atoms with Crippen LogP contribution in [0.2, 0.25) is 0 Å². The van der Waals surface area contributed by atoms with Crippen LogP contribution in [0, 0.1) is 0 Å². The van der Waals surface area contributed by atoms with Gasteiger partial charge in [-0.15, -0.1) is 0 Å². The molecule has 19 heavy (non-hydrogen) atoms. The Kier molecular flexibility index (Phi) is 4.20. The number of nitrogens with zero attached hydrogens (tertiary/aromatic N) is 2. The minimum atomic E-state index is -0.247.